The molecular weight excluding hydrogens is 270 g/mol. The van der Waals surface area contributed by atoms with E-state index < -0.39 is 0 Å². The highest BCUT2D eigenvalue weighted by Gasteiger charge is 2.15. The first-order valence-corrected chi connectivity index (χ1v) is 7.41. The second-order valence-corrected chi connectivity index (χ2v) is 5.19. The van der Waals surface area contributed by atoms with Crippen LogP contribution in [0.25, 0.3) is 0 Å². The number of nitrogens with one attached hydrogen (secondary N) is 1. The van der Waals surface area contributed by atoms with E-state index in [0.29, 0.717) is 29.9 Å². The van der Waals surface area contributed by atoms with Crippen molar-refractivity contribution in [2.45, 2.75) is 25.8 Å². The van der Waals surface area contributed by atoms with Crippen LogP contribution in [0.2, 0.25) is 0 Å². The number of hydrogen-bond donors (Lipinski definition) is 1. The minimum absolute atomic E-state index is 0.532. The molecule has 1 saturated heterocycles. The van der Waals surface area contributed by atoms with Gasteiger partial charge in [0.1, 0.15) is 6.61 Å². The van der Waals surface area contributed by atoms with E-state index in [2.05, 4.69) is 5.32 Å². The van der Waals surface area contributed by atoms with Crippen LogP contribution in [0.5, 0.6) is 17.2 Å². The second-order valence-electron chi connectivity index (χ2n) is 5.19. The van der Waals surface area contributed by atoms with Gasteiger partial charge in [-0.15, -0.1) is 0 Å². The quantitative estimate of drug-likeness (QED) is 0.781. The van der Waals surface area contributed by atoms with Crippen molar-refractivity contribution < 1.29 is 18.9 Å². The van der Waals surface area contributed by atoms with Gasteiger partial charge in [-0.25, -0.2) is 0 Å². The number of ether oxygens (including phenoxy) is 4. The predicted octanol–water partition coefficient (Wildman–Crippen LogP) is 2.16. The molecule has 0 amide bonds. The van der Waals surface area contributed by atoms with E-state index in [4.69, 9.17) is 18.9 Å². The first kappa shape index (κ1) is 15.9. The molecule has 0 aliphatic carbocycles. The zero-order valence-corrected chi connectivity index (χ0v) is 13.1. The highest BCUT2D eigenvalue weighted by Crippen LogP contribution is 2.38. The van der Waals surface area contributed by atoms with Crippen molar-refractivity contribution in [3.63, 3.8) is 0 Å². The van der Waals surface area contributed by atoms with Crippen molar-refractivity contribution in [2.24, 2.45) is 0 Å². The number of methoxy groups -OCH3 is 2. The summed E-state index contributed by atoms with van der Waals surface area (Å²) in [6.45, 7) is 5.07. The maximum Gasteiger partial charge on any atom is 0.203 e. The van der Waals surface area contributed by atoms with Gasteiger partial charge < -0.3 is 24.3 Å². The lowest BCUT2D eigenvalue weighted by Gasteiger charge is -2.23. The molecule has 0 unspecified atom stereocenters. The molecule has 0 saturated carbocycles. The summed E-state index contributed by atoms with van der Waals surface area (Å²) in [5.74, 6) is 2.08. The number of hydrogen-bond acceptors (Lipinski definition) is 5. The van der Waals surface area contributed by atoms with Gasteiger partial charge in [-0.3, -0.25) is 0 Å². The number of rotatable bonds is 7. The van der Waals surface area contributed by atoms with Gasteiger partial charge in [0.15, 0.2) is 11.5 Å². The Hall–Kier alpha value is -1.46. The maximum absolute atomic E-state index is 5.85. The fourth-order valence-corrected chi connectivity index (χ4v) is 2.47. The molecule has 0 atom stereocenters. The van der Waals surface area contributed by atoms with E-state index in [1.807, 2.05) is 19.1 Å². The number of benzene rings is 1. The monoisotopic (exact) mass is 295 g/mol. The molecule has 1 aromatic rings. The van der Waals surface area contributed by atoms with Gasteiger partial charge in [0.05, 0.1) is 14.2 Å². The Bertz CT molecular complexity index is 419. The van der Waals surface area contributed by atoms with E-state index in [-0.39, 0.29) is 0 Å². The van der Waals surface area contributed by atoms with E-state index in [9.17, 15) is 0 Å². The normalized spacial score (nSPS) is 15.8. The first-order valence-electron chi connectivity index (χ1n) is 7.41. The van der Waals surface area contributed by atoms with Crippen molar-refractivity contribution in [3.05, 3.63) is 17.7 Å². The van der Waals surface area contributed by atoms with Crippen molar-refractivity contribution in [2.75, 3.05) is 40.6 Å². The summed E-state index contributed by atoms with van der Waals surface area (Å²) in [7, 11) is 3.28. The zero-order valence-electron chi connectivity index (χ0n) is 13.1. The van der Waals surface area contributed by atoms with Crippen LogP contribution in [0.4, 0.5) is 0 Å². The molecule has 0 spiro atoms. The largest absolute Gasteiger partial charge is 0.493 e. The van der Waals surface area contributed by atoms with Gasteiger partial charge in [-0.05, 0) is 37.5 Å². The summed E-state index contributed by atoms with van der Waals surface area (Å²) >= 11 is 0. The minimum atomic E-state index is 0.532. The van der Waals surface area contributed by atoms with Gasteiger partial charge >= 0.3 is 0 Å². The lowest BCUT2D eigenvalue weighted by Crippen LogP contribution is -2.37. The smallest absolute Gasteiger partial charge is 0.203 e. The topological polar surface area (TPSA) is 49.0 Å². The van der Waals surface area contributed by atoms with Crippen molar-refractivity contribution in [3.8, 4) is 17.2 Å². The maximum atomic E-state index is 5.85. The van der Waals surface area contributed by atoms with Gasteiger partial charge in [0.2, 0.25) is 5.75 Å². The Labute approximate surface area is 126 Å². The summed E-state index contributed by atoms with van der Waals surface area (Å²) in [4.78, 5) is 0. The van der Waals surface area contributed by atoms with Crippen LogP contribution in [0.3, 0.4) is 0 Å². The molecule has 1 aliphatic rings. The average molecular weight is 295 g/mol. The van der Waals surface area contributed by atoms with Crippen LogP contribution in [-0.2, 0) is 4.74 Å². The Balaban J connectivity index is 1.87. The van der Waals surface area contributed by atoms with Crippen LogP contribution < -0.4 is 19.5 Å². The van der Waals surface area contributed by atoms with Crippen LogP contribution in [0, 0.1) is 6.92 Å². The summed E-state index contributed by atoms with van der Waals surface area (Å²) in [6, 6.07) is 4.43. The van der Waals surface area contributed by atoms with Gasteiger partial charge in [-0.2, -0.15) is 0 Å². The molecule has 0 bridgehead atoms. The third kappa shape index (κ3) is 4.51. The van der Waals surface area contributed by atoms with Crippen LogP contribution in [-0.4, -0.2) is 46.6 Å². The molecule has 5 nitrogen and oxygen atoms in total. The molecule has 1 heterocycles. The van der Waals surface area contributed by atoms with Gasteiger partial charge in [-0.1, -0.05) is 0 Å². The average Bonchev–Trinajstić information content (AvgIpc) is 2.52. The van der Waals surface area contributed by atoms with Crippen molar-refractivity contribution in [1.82, 2.24) is 5.32 Å². The summed E-state index contributed by atoms with van der Waals surface area (Å²) in [5.41, 5.74) is 1.08. The Morgan fingerprint density at radius 1 is 1.14 bits per heavy atom. The Morgan fingerprint density at radius 2 is 1.76 bits per heavy atom. The molecule has 0 radical (unpaired) electrons. The molecule has 1 aliphatic heterocycles. The van der Waals surface area contributed by atoms with Gasteiger partial charge in [0.25, 0.3) is 0 Å². The van der Waals surface area contributed by atoms with Crippen LogP contribution in [0.1, 0.15) is 18.4 Å². The van der Waals surface area contributed by atoms with E-state index >= 15 is 0 Å². The molecule has 1 aromatic carbocycles. The standard InChI is InChI=1S/C16H25NO4/c1-12-10-14(18-2)16(15(11-12)19-3)21-9-6-17-13-4-7-20-8-5-13/h10-11,13,17H,4-9H2,1-3H3. The fourth-order valence-electron chi connectivity index (χ4n) is 2.47. The molecule has 2 rings (SSSR count). The predicted molar refractivity (Wildman–Crippen MR) is 81.6 cm³/mol. The SMILES string of the molecule is COc1cc(C)cc(OC)c1OCCNC1CCOCC1. The molecule has 5 heteroatoms. The van der Waals surface area contributed by atoms with E-state index in [0.717, 1.165) is 38.2 Å². The summed E-state index contributed by atoms with van der Waals surface area (Å²) in [5, 5.41) is 3.49. The van der Waals surface area contributed by atoms with E-state index in [1.165, 1.54) is 0 Å². The molecular formula is C16H25NO4. The summed E-state index contributed by atoms with van der Waals surface area (Å²) in [6.07, 6.45) is 2.13. The minimum Gasteiger partial charge on any atom is -0.493 e. The van der Waals surface area contributed by atoms with Crippen LogP contribution >= 0.6 is 0 Å². The summed E-state index contributed by atoms with van der Waals surface area (Å²) < 4.78 is 21.9. The highest BCUT2D eigenvalue weighted by atomic mass is 16.5. The first-order chi connectivity index (χ1) is 10.2. The lowest BCUT2D eigenvalue weighted by molar-refractivity contribution is 0.0769. The van der Waals surface area contributed by atoms with E-state index in [1.54, 1.807) is 14.2 Å². The molecule has 21 heavy (non-hydrogen) atoms. The fraction of sp³-hybridized carbons (Fsp3) is 0.625. The Morgan fingerprint density at radius 3 is 2.33 bits per heavy atom. The molecule has 1 fully saturated rings. The van der Waals surface area contributed by atoms with Crippen molar-refractivity contribution >= 4 is 0 Å². The second kappa shape index (κ2) is 8.10. The number of aryl methyl sites for hydroxylation is 1. The third-order valence-corrected chi connectivity index (χ3v) is 3.61. The zero-order chi connectivity index (χ0) is 15.1. The molecule has 118 valence electrons. The van der Waals surface area contributed by atoms with Gasteiger partial charge in [0, 0.05) is 25.8 Å². The molecule has 1 N–H and O–H groups in total. The van der Waals surface area contributed by atoms with Crippen molar-refractivity contribution in [1.29, 1.82) is 0 Å². The Kier molecular flexibility index (Phi) is 6.14. The highest BCUT2D eigenvalue weighted by molar-refractivity contribution is 5.53. The third-order valence-electron chi connectivity index (χ3n) is 3.61. The van der Waals surface area contributed by atoms with Crippen LogP contribution in [0.15, 0.2) is 12.1 Å². The lowest BCUT2D eigenvalue weighted by atomic mass is 10.1. The molecule has 0 aromatic heterocycles.